The van der Waals surface area contributed by atoms with Crippen molar-refractivity contribution in [2.45, 2.75) is 13.3 Å². The summed E-state index contributed by atoms with van der Waals surface area (Å²) in [6.07, 6.45) is 0.973. The zero-order valence-electron chi connectivity index (χ0n) is 9.54. The molecule has 0 saturated heterocycles. The van der Waals surface area contributed by atoms with E-state index in [1.54, 1.807) is 0 Å². The predicted octanol–water partition coefficient (Wildman–Crippen LogP) is 1.98. The third-order valence-corrected chi connectivity index (χ3v) is 2.56. The fourth-order valence-electron chi connectivity index (χ4n) is 1.67. The molecule has 1 aromatic heterocycles. The number of fused-ring (bicyclic) bond motifs is 1. The van der Waals surface area contributed by atoms with Crippen molar-refractivity contribution in [1.29, 1.82) is 0 Å². The molecular weight excluding hydrogens is 186 g/mol. The summed E-state index contributed by atoms with van der Waals surface area (Å²) in [4.78, 5) is 10.1. The maximum absolute atomic E-state index is 4.60. The number of aromatic nitrogens is 2. The molecule has 80 valence electrons. The molecule has 0 aliphatic rings. The predicted molar refractivity (Wildman–Crippen MR) is 63.1 cm³/mol. The van der Waals surface area contributed by atoms with Crippen molar-refractivity contribution in [1.82, 2.24) is 14.9 Å². The van der Waals surface area contributed by atoms with Gasteiger partial charge in [-0.2, -0.15) is 0 Å². The largest absolute Gasteiger partial charge is 0.342 e. The smallest absolute Gasteiger partial charge is 0.108 e. The van der Waals surface area contributed by atoms with Crippen LogP contribution in [-0.2, 0) is 6.42 Å². The summed E-state index contributed by atoms with van der Waals surface area (Å²) >= 11 is 0. The Morgan fingerprint density at radius 2 is 2.13 bits per heavy atom. The number of hydrogen-bond donors (Lipinski definition) is 1. The number of aromatic amines is 1. The average molecular weight is 203 g/mol. The lowest BCUT2D eigenvalue weighted by atomic mass is 10.2. The first-order chi connectivity index (χ1) is 7.16. The maximum Gasteiger partial charge on any atom is 0.108 e. The van der Waals surface area contributed by atoms with E-state index in [1.165, 1.54) is 5.56 Å². The van der Waals surface area contributed by atoms with Crippen molar-refractivity contribution in [2.24, 2.45) is 0 Å². The van der Waals surface area contributed by atoms with E-state index in [-0.39, 0.29) is 0 Å². The van der Waals surface area contributed by atoms with Crippen LogP contribution in [0.15, 0.2) is 18.2 Å². The molecule has 0 spiro atoms. The number of nitrogens with one attached hydrogen (secondary N) is 1. The third kappa shape index (κ3) is 2.18. The van der Waals surface area contributed by atoms with Crippen molar-refractivity contribution in [3.63, 3.8) is 0 Å². The van der Waals surface area contributed by atoms with Crippen LogP contribution < -0.4 is 0 Å². The second kappa shape index (κ2) is 4.03. The number of nitrogens with zero attached hydrogens (tertiary/aromatic N) is 2. The first kappa shape index (κ1) is 10.2. The molecule has 0 unspecified atom stereocenters. The van der Waals surface area contributed by atoms with Crippen LogP contribution in [0.1, 0.15) is 11.4 Å². The molecule has 0 amide bonds. The minimum atomic E-state index is 0.973. The molecule has 0 atom stereocenters. The van der Waals surface area contributed by atoms with Gasteiger partial charge in [0.25, 0.3) is 0 Å². The Hall–Kier alpha value is -1.35. The van der Waals surface area contributed by atoms with Gasteiger partial charge in [-0.25, -0.2) is 4.98 Å². The van der Waals surface area contributed by atoms with Gasteiger partial charge in [0, 0.05) is 13.0 Å². The van der Waals surface area contributed by atoms with Crippen molar-refractivity contribution in [3.8, 4) is 0 Å². The normalized spacial score (nSPS) is 11.5. The highest BCUT2D eigenvalue weighted by Crippen LogP contribution is 2.15. The monoisotopic (exact) mass is 203 g/mol. The maximum atomic E-state index is 4.60. The number of hydrogen-bond acceptors (Lipinski definition) is 2. The highest BCUT2D eigenvalue weighted by atomic mass is 15.1. The Morgan fingerprint density at radius 3 is 2.80 bits per heavy atom. The first-order valence-electron chi connectivity index (χ1n) is 5.26. The Bertz CT molecular complexity index is 457. The molecule has 0 saturated carbocycles. The molecule has 3 nitrogen and oxygen atoms in total. The van der Waals surface area contributed by atoms with Gasteiger partial charge in [0.2, 0.25) is 0 Å². The van der Waals surface area contributed by atoms with Gasteiger partial charge in [0.15, 0.2) is 0 Å². The number of H-pyrrole nitrogens is 1. The number of likely N-dealkylation sites (N-methyl/N-ethyl adjacent to an activating group) is 1. The van der Waals surface area contributed by atoms with Crippen LogP contribution in [0.3, 0.4) is 0 Å². The molecule has 1 heterocycles. The van der Waals surface area contributed by atoms with Gasteiger partial charge in [-0.3, -0.25) is 0 Å². The Kier molecular flexibility index (Phi) is 2.73. The van der Waals surface area contributed by atoms with Gasteiger partial charge < -0.3 is 9.88 Å². The van der Waals surface area contributed by atoms with Crippen LogP contribution in [0.5, 0.6) is 0 Å². The lowest BCUT2D eigenvalue weighted by molar-refractivity contribution is 0.410. The van der Waals surface area contributed by atoms with E-state index >= 15 is 0 Å². The van der Waals surface area contributed by atoms with Gasteiger partial charge in [-0.1, -0.05) is 12.1 Å². The second-order valence-corrected chi connectivity index (χ2v) is 4.21. The summed E-state index contributed by atoms with van der Waals surface area (Å²) in [6, 6.07) is 6.24. The highest BCUT2D eigenvalue weighted by Gasteiger charge is 2.04. The number of rotatable bonds is 3. The summed E-state index contributed by atoms with van der Waals surface area (Å²) in [7, 11) is 4.15. The average Bonchev–Trinajstić information content (AvgIpc) is 2.59. The molecule has 0 radical (unpaired) electrons. The van der Waals surface area contributed by atoms with Crippen LogP contribution >= 0.6 is 0 Å². The highest BCUT2D eigenvalue weighted by molar-refractivity contribution is 5.78. The number of para-hydroxylation sites is 1. The third-order valence-electron chi connectivity index (χ3n) is 2.56. The van der Waals surface area contributed by atoms with E-state index in [0.29, 0.717) is 0 Å². The van der Waals surface area contributed by atoms with Crippen LogP contribution in [0.2, 0.25) is 0 Å². The molecule has 0 bridgehead atoms. The zero-order valence-corrected chi connectivity index (χ0v) is 9.54. The molecule has 1 N–H and O–H groups in total. The molecule has 1 aromatic carbocycles. The Labute approximate surface area is 90.1 Å². The summed E-state index contributed by atoms with van der Waals surface area (Å²) in [5.74, 6) is 1.08. The van der Waals surface area contributed by atoms with E-state index in [1.807, 2.05) is 0 Å². The van der Waals surface area contributed by atoms with Crippen LogP contribution in [0.25, 0.3) is 11.0 Å². The molecule has 0 aliphatic carbocycles. The number of aryl methyl sites for hydroxylation is 1. The molecular formula is C12H17N3. The minimum Gasteiger partial charge on any atom is -0.342 e. The molecule has 2 rings (SSSR count). The lowest BCUT2D eigenvalue weighted by Gasteiger charge is -2.06. The second-order valence-electron chi connectivity index (χ2n) is 4.21. The van der Waals surface area contributed by atoms with Crippen molar-refractivity contribution < 1.29 is 0 Å². The molecule has 0 aliphatic heterocycles. The summed E-state index contributed by atoms with van der Waals surface area (Å²) in [5.41, 5.74) is 3.48. The standard InChI is InChI=1S/C12H17N3/c1-9-5-4-6-10-12(9)14-11(13-10)7-8-15(2)3/h4-6H,7-8H2,1-3H3,(H,13,14). The minimum absolute atomic E-state index is 0.973. The Morgan fingerprint density at radius 1 is 1.33 bits per heavy atom. The van der Waals surface area contributed by atoms with Gasteiger partial charge in [-0.15, -0.1) is 0 Å². The van der Waals surface area contributed by atoms with Crippen molar-refractivity contribution >= 4 is 11.0 Å². The van der Waals surface area contributed by atoms with Crippen LogP contribution in [0.4, 0.5) is 0 Å². The van der Waals surface area contributed by atoms with Crippen molar-refractivity contribution in [2.75, 3.05) is 20.6 Å². The van der Waals surface area contributed by atoms with Gasteiger partial charge in [0.05, 0.1) is 11.0 Å². The molecule has 0 fully saturated rings. The fraction of sp³-hybridized carbons (Fsp3) is 0.417. The summed E-state index contributed by atoms with van der Waals surface area (Å²) in [5, 5.41) is 0. The van der Waals surface area contributed by atoms with Gasteiger partial charge >= 0.3 is 0 Å². The van der Waals surface area contributed by atoms with Crippen LogP contribution in [-0.4, -0.2) is 35.5 Å². The SMILES string of the molecule is Cc1cccc2[nH]c(CCN(C)C)nc12. The van der Waals surface area contributed by atoms with Crippen LogP contribution in [0, 0.1) is 6.92 Å². The Balaban J connectivity index is 2.27. The van der Waals surface area contributed by atoms with Crippen molar-refractivity contribution in [3.05, 3.63) is 29.6 Å². The van der Waals surface area contributed by atoms with E-state index in [2.05, 4.69) is 54.1 Å². The molecule has 2 aromatic rings. The topological polar surface area (TPSA) is 31.9 Å². The zero-order chi connectivity index (χ0) is 10.8. The molecule has 3 heteroatoms. The molecule has 15 heavy (non-hydrogen) atoms. The fourth-order valence-corrected chi connectivity index (χ4v) is 1.67. The number of imidazole rings is 1. The lowest BCUT2D eigenvalue weighted by Crippen LogP contribution is -2.15. The number of benzene rings is 1. The summed E-state index contributed by atoms with van der Waals surface area (Å²) < 4.78 is 0. The van der Waals surface area contributed by atoms with E-state index < -0.39 is 0 Å². The van der Waals surface area contributed by atoms with E-state index in [9.17, 15) is 0 Å². The van der Waals surface area contributed by atoms with Gasteiger partial charge in [0.1, 0.15) is 5.82 Å². The van der Waals surface area contributed by atoms with E-state index in [0.717, 1.165) is 29.8 Å². The van der Waals surface area contributed by atoms with E-state index in [4.69, 9.17) is 0 Å². The summed E-state index contributed by atoms with van der Waals surface area (Å²) in [6.45, 7) is 3.12. The quantitative estimate of drug-likeness (QED) is 0.827. The first-order valence-corrected chi connectivity index (χ1v) is 5.26. The van der Waals surface area contributed by atoms with Gasteiger partial charge in [-0.05, 0) is 32.6 Å².